The van der Waals surface area contributed by atoms with Crippen molar-refractivity contribution in [3.8, 4) is 11.9 Å². The molecule has 0 spiro atoms. The van der Waals surface area contributed by atoms with Crippen molar-refractivity contribution in [2.24, 2.45) is 0 Å². The van der Waals surface area contributed by atoms with Crippen LogP contribution in [0.4, 0.5) is 17.2 Å². The molecule has 0 radical (unpaired) electrons. The summed E-state index contributed by atoms with van der Waals surface area (Å²) < 4.78 is 29.1. The van der Waals surface area contributed by atoms with Crippen molar-refractivity contribution in [2.45, 2.75) is 4.90 Å². The zero-order chi connectivity index (χ0) is 21.0. The van der Waals surface area contributed by atoms with Gasteiger partial charge in [0.1, 0.15) is 0 Å². The maximum atomic E-state index is 12.5. The minimum Gasteiger partial charge on any atom is -0.339 e. The van der Waals surface area contributed by atoms with Gasteiger partial charge in [-0.2, -0.15) is 10.4 Å². The minimum atomic E-state index is -3.75. The van der Waals surface area contributed by atoms with Gasteiger partial charge >= 0.3 is 0 Å². The summed E-state index contributed by atoms with van der Waals surface area (Å²) in [5.41, 5.74) is 1.52. The zero-order valence-electron chi connectivity index (χ0n) is 15.5. The fourth-order valence-corrected chi connectivity index (χ4v) is 3.67. The molecule has 2 heterocycles. The molecule has 2 N–H and O–H groups in total. The van der Waals surface area contributed by atoms with Crippen LogP contribution >= 0.6 is 0 Å². The van der Waals surface area contributed by atoms with Crippen molar-refractivity contribution in [3.05, 3.63) is 84.7 Å². The van der Waals surface area contributed by atoms with Crippen LogP contribution in [0.25, 0.3) is 5.82 Å². The minimum absolute atomic E-state index is 0.0799. The lowest BCUT2D eigenvalue weighted by Crippen LogP contribution is -2.12. The normalized spacial score (nSPS) is 10.9. The molecule has 0 atom stereocenters. The quantitative estimate of drug-likeness (QED) is 0.494. The van der Waals surface area contributed by atoms with E-state index in [-0.39, 0.29) is 4.90 Å². The molecule has 9 nitrogen and oxygen atoms in total. The number of benzene rings is 2. The van der Waals surface area contributed by atoms with Crippen LogP contribution in [-0.2, 0) is 10.0 Å². The number of hydrogen-bond acceptors (Lipinski definition) is 7. The average molecular weight is 417 g/mol. The molecule has 10 heteroatoms. The molecule has 4 aromatic rings. The first-order valence-corrected chi connectivity index (χ1v) is 10.3. The number of rotatable bonds is 6. The Morgan fingerprint density at radius 2 is 1.63 bits per heavy atom. The molecule has 0 saturated heterocycles. The molecule has 4 rings (SSSR count). The summed E-state index contributed by atoms with van der Waals surface area (Å²) in [4.78, 5) is 0.0799. The SMILES string of the molecule is N#Cc1ccc(S(=O)(=O)Nc2ccc(Nc3ccc(-n4cccn4)nn3)cc2)cc1. The van der Waals surface area contributed by atoms with E-state index in [0.29, 0.717) is 22.9 Å². The van der Waals surface area contributed by atoms with Crippen molar-refractivity contribution >= 4 is 27.2 Å². The van der Waals surface area contributed by atoms with Gasteiger partial charge in [-0.15, -0.1) is 10.2 Å². The average Bonchev–Trinajstić information content (AvgIpc) is 3.30. The summed E-state index contributed by atoms with van der Waals surface area (Å²) in [6.45, 7) is 0. The van der Waals surface area contributed by atoms with Gasteiger partial charge in [0.25, 0.3) is 10.0 Å². The molecule has 0 saturated carbocycles. The first-order chi connectivity index (χ1) is 14.5. The van der Waals surface area contributed by atoms with E-state index < -0.39 is 10.0 Å². The molecule has 30 heavy (non-hydrogen) atoms. The van der Waals surface area contributed by atoms with Crippen LogP contribution in [0.2, 0.25) is 0 Å². The lowest BCUT2D eigenvalue weighted by Gasteiger charge is -2.10. The van der Waals surface area contributed by atoms with Gasteiger partial charge in [-0.3, -0.25) is 4.72 Å². The van der Waals surface area contributed by atoms with Crippen LogP contribution < -0.4 is 10.0 Å². The largest absolute Gasteiger partial charge is 0.339 e. The maximum Gasteiger partial charge on any atom is 0.261 e. The molecular weight excluding hydrogens is 402 g/mol. The maximum absolute atomic E-state index is 12.5. The predicted molar refractivity (Wildman–Crippen MR) is 111 cm³/mol. The molecule has 0 bridgehead atoms. The molecule has 2 aromatic heterocycles. The summed E-state index contributed by atoms with van der Waals surface area (Å²) in [5, 5.41) is 24.2. The number of sulfonamides is 1. The predicted octanol–water partition coefficient (Wildman–Crippen LogP) is 3.08. The monoisotopic (exact) mass is 417 g/mol. The van der Waals surface area contributed by atoms with Gasteiger partial charge in [0, 0.05) is 23.8 Å². The number of hydrogen-bond donors (Lipinski definition) is 2. The van der Waals surface area contributed by atoms with Crippen LogP contribution in [0.1, 0.15) is 5.56 Å². The number of anilines is 3. The third-order valence-corrected chi connectivity index (χ3v) is 5.49. The van der Waals surface area contributed by atoms with Gasteiger partial charge in [0.05, 0.1) is 16.5 Å². The van der Waals surface area contributed by atoms with Gasteiger partial charge in [0.2, 0.25) is 0 Å². The summed E-state index contributed by atoms with van der Waals surface area (Å²) in [6, 6.07) is 19.7. The van der Waals surface area contributed by atoms with Crippen molar-refractivity contribution in [2.75, 3.05) is 10.0 Å². The zero-order valence-corrected chi connectivity index (χ0v) is 16.3. The standard InChI is InChI=1S/C20H15N7O2S/c21-14-15-2-8-18(9-3-15)30(28,29)26-17-6-4-16(5-7-17)23-19-10-11-20(25-24-19)27-13-1-12-22-27/h1-13,26H,(H,23,24). The summed E-state index contributed by atoms with van der Waals surface area (Å²) in [6.07, 6.45) is 3.43. The second-order valence-electron chi connectivity index (χ2n) is 6.17. The Labute approximate surface area is 172 Å². The van der Waals surface area contributed by atoms with Gasteiger partial charge in [-0.05, 0) is 66.7 Å². The van der Waals surface area contributed by atoms with E-state index in [1.54, 1.807) is 59.5 Å². The van der Waals surface area contributed by atoms with Crippen LogP contribution in [0, 0.1) is 11.3 Å². The summed E-state index contributed by atoms with van der Waals surface area (Å²) in [5.74, 6) is 1.13. The summed E-state index contributed by atoms with van der Waals surface area (Å²) in [7, 11) is -3.75. The van der Waals surface area contributed by atoms with E-state index in [9.17, 15) is 8.42 Å². The number of nitrogens with one attached hydrogen (secondary N) is 2. The number of nitrogens with zero attached hydrogens (tertiary/aromatic N) is 5. The van der Waals surface area contributed by atoms with Crippen molar-refractivity contribution in [1.29, 1.82) is 5.26 Å². The van der Waals surface area contributed by atoms with Gasteiger partial charge in [-0.25, -0.2) is 13.1 Å². The molecule has 0 amide bonds. The highest BCUT2D eigenvalue weighted by Gasteiger charge is 2.14. The second kappa shape index (κ2) is 8.02. The van der Waals surface area contributed by atoms with Crippen LogP contribution in [-0.4, -0.2) is 28.4 Å². The highest BCUT2D eigenvalue weighted by Crippen LogP contribution is 2.20. The molecule has 0 aliphatic rings. The van der Waals surface area contributed by atoms with E-state index in [1.165, 1.54) is 24.3 Å². The van der Waals surface area contributed by atoms with Crippen molar-refractivity contribution < 1.29 is 8.42 Å². The van der Waals surface area contributed by atoms with Gasteiger partial charge < -0.3 is 5.32 Å². The van der Waals surface area contributed by atoms with E-state index in [2.05, 4.69) is 25.3 Å². The highest BCUT2D eigenvalue weighted by molar-refractivity contribution is 7.92. The van der Waals surface area contributed by atoms with E-state index in [0.717, 1.165) is 5.69 Å². The van der Waals surface area contributed by atoms with Crippen LogP contribution in [0.3, 0.4) is 0 Å². The Morgan fingerprint density at radius 3 is 2.23 bits per heavy atom. The number of nitriles is 1. The molecule has 0 fully saturated rings. The smallest absolute Gasteiger partial charge is 0.261 e. The Kier molecular flexibility index (Phi) is 5.11. The van der Waals surface area contributed by atoms with Gasteiger partial charge in [0.15, 0.2) is 11.6 Å². The van der Waals surface area contributed by atoms with E-state index in [1.807, 2.05) is 6.07 Å². The lowest BCUT2D eigenvalue weighted by atomic mass is 10.2. The van der Waals surface area contributed by atoms with Crippen LogP contribution in [0.15, 0.2) is 84.0 Å². The Morgan fingerprint density at radius 1 is 0.900 bits per heavy atom. The molecule has 148 valence electrons. The van der Waals surface area contributed by atoms with Gasteiger partial charge in [-0.1, -0.05) is 0 Å². The Hall–Kier alpha value is -4.23. The molecule has 2 aromatic carbocycles. The lowest BCUT2D eigenvalue weighted by molar-refractivity contribution is 0.601. The van der Waals surface area contributed by atoms with Crippen molar-refractivity contribution in [3.63, 3.8) is 0 Å². The molecule has 0 unspecified atom stereocenters. The molecular formula is C20H15N7O2S. The van der Waals surface area contributed by atoms with Crippen LogP contribution in [0.5, 0.6) is 0 Å². The first kappa shape index (κ1) is 19.1. The van der Waals surface area contributed by atoms with E-state index in [4.69, 9.17) is 5.26 Å². The number of aromatic nitrogens is 4. The first-order valence-electron chi connectivity index (χ1n) is 8.77. The molecule has 0 aliphatic heterocycles. The van der Waals surface area contributed by atoms with Crippen molar-refractivity contribution in [1.82, 2.24) is 20.0 Å². The highest BCUT2D eigenvalue weighted by atomic mass is 32.2. The fraction of sp³-hybridized carbons (Fsp3) is 0. The third-order valence-electron chi connectivity index (χ3n) is 4.09. The fourth-order valence-electron chi connectivity index (χ4n) is 2.61. The second-order valence-corrected chi connectivity index (χ2v) is 7.85. The Balaban J connectivity index is 1.43. The third kappa shape index (κ3) is 4.26. The topological polar surface area (TPSA) is 126 Å². The Bertz CT molecular complexity index is 1280. The molecule has 0 aliphatic carbocycles. The summed E-state index contributed by atoms with van der Waals surface area (Å²) >= 11 is 0. The van der Waals surface area contributed by atoms with E-state index >= 15 is 0 Å².